The first-order chi connectivity index (χ1) is 8.89. The number of hydrogen-bond donors (Lipinski definition) is 1. The van der Waals surface area contributed by atoms with Crippen LogP contribution in [-0.2, 0) is 9.84 Å². The SMILES string of the molecule is Nc1ccc(C(=O)N2CCCS(=O)(=O)CC2)c(Cl)c1. The summed E-state index contributed by atoms with van der Waals surface area (Å²) in [6, 6.07) is 4.69. The zero-order valence-corrected chi connectivity index (χ0v) is 11.9. The van der Waals surface area contributed by atoms with E-state index in [2.05, 4.69) is 0 Å². The van der Waals surface area contributed by atoms with Crippen LogP contribution in [0.5, 0.6) is 0 Å². The molecule has 1 aliphatic rings. The Hall–Kier alpha value is -1.27. The highest BCUT2D eigenvalue weighted by Crippen LogP contribution is 2.21. The summed E-state index contributed by atoms with van der Waals surface area (Å²) in [7, 11) is -3.03. The lowest BCUT2D eigenvalue weighted by Gasteiger charge is -2.20. The van der Waals surface area contributed by atoms with Gasteiger partial charge < -0.3 is 10.6 Å². The molecule has 7 heteroatoms. The molecule has 1 aromatic rings. The summed E-state index contributed by atoms with van der Waals surface area (Å²) in [6.45, 7) is 0.640. The first-order valence-corrected chi connectivity index (χ1v) is 8.14. The molecule has 1 heterocycles. The normalized spacial score (nSPS) is 18.9. The van der Waals surface area contributed by atoms with Gasteiger partial charge in [0.15, 0.2) is 9.84 Å². The molecule has 1 amide bonds. The molecule has 0 spiro atoms. The standard InChI is InChI=1S/C12H15ClN2O3S/c13-11-8-9(14)2-3-10(11)12(16)15-4-1-6-19(17,18)7-5-15/h2-3,8H,1,4-7,14H2. The summed E-state index contributed by atoms with van der Waals surface area (Å²) in [6.07, 6.45) is 0.459. The zero-order valence-electron chi connectivity index (χ0n) is 10.3. The van der Waals surface area contributed by atoms with Crippen LogP contribution in [0.1, 0.15) is 16.8 Å². The molecule has 2 rings (SSSR count). The van der Waals surface area contributed by atoms with Crippen LogP contribution >= 0.6 is 11.6 Å². The average molecular weight is 303 g/mol. The van der Waals surface area contributed by atoms with E-state index in [-0.39, 0.29) is 29.0 Å². The molecule has 0 atom stereocenters. The van der Waals surface area contributed by atoms with Crippen molar-refractivity contribution in [3.8, 4) is 0 Å². The van der Waals surface area contributed by atoms with Gasteiger partial charge in [-0.3, -0.25) is 4.79 Å². The van der Waals surface area contributed by atoms with Crippen molar-refractivity contribution < 1.29 is 13.2 Å². The van der Waals surface area contributed by atoms with Crippen molar-refractivity contribution in [3.63, 3.8) is 0 Å². The third kappa shape index (κ3) is 3.39. The summed E-state index contributed by atoms with van der Waals surface area (Å²) in [5, 5.41) is 0.289. The third-order valence-electron chi connectivity index (χ3n) is 3.07. The highest BCUT2D eigenvalue weighted by Gasteiger charge is 2.24. The summed E-state index contributed by atoms with van der Waals surface area (Å²) >= 11 is 5.99. The van der Waals surface area contributed by atoms with Crippen molar-refractivity contribution in [2.75, 3.05) is 30.3 Å². The fourth-order valence-corrected chi connectivity index (χ4v) is 3.56. The molecule has 0 aliphatic carbocycles. The Morgan fingerprint density at radius 2 is 2.00 bits per heavy atom. The van der Waals surface area contributed by atoms with E-state index in [9.17, 15) is 13.2 Å². The third-order valence-corrected chi connectivity index (χ3v) is 5.09. The number of nitrogens with two attached hydrogens (primary N) is 1. The molecule has 0 unspecified atom stereocenters. The van der Waals surface area contributed by atoms with E-state index in [4.69, 9.17) is 17.3 Å². The van der Waals surface area contributed by atoms with E-state index in [1.165, 1.54) is 11.0 Å². The highest BCUT2D eigenvalue weighted by molar-refractivity contribution is 7.91. The van der Waals surface area contributed by atoms with Gasteiger partial charge in [0, 0.05) is 18.8 Å². The first kappa shape index (κ1) is 14.1. The molecular weight excluding hydrogens is 288 g/mol. The number of sulfone groups is 1. The smallest absolute Gasteiger partial charge is 0.255 e. The molecule has 104 valence electrons. The molecule has 0 bridgehead atoms. The molecule has 0 radical (unpaired) electrons. The van der Waals surface area contributed by atoms with Gasteiger partial charge in [0.1, 0.15) is 0 Å². The molecule has 1 saturated heterocycles. The van der Waals surface area contributed by atoms with Crippen LogP contribution in [0, 0.1) is 0 Å². The number of halogens is 1. The Balaban J connectivity index is 2.20. The van der Waals surface area contributed by atoms with Crippen molar-refractivity contribution in [3.05, 3.63) is 28.8 Å². The minimum atomic E-state index is -3.03. The highest BCUT2D eigenvalue weighted by atomic mass is 35.5. The number of benzene rings is 1. The largest absolute Gasteiger partial charge is 0.399 e. The Labute approximate surface area is 117 Å². The van der Waals surface area contributed by atoms with E-state index >= 15 is 0 Å². The molecule has 19 heavy (non-hydrogen) atoms. The van der Waals surface area contributed by atoms with E-state index in [0.29, 0.717) is 24.2 Å². The Morgan fingerprint density at radius 3 is 2.68 bits per heavy atom. The van der Waals surface area contributed by atoms with Crippen molar-refractivity contribution in [2.24, 2.45) is 0 Å². The maximum atomic E-state index is 12.3. The predicted octanol–water partition coefficient (Wildman–Crippen LogP) is 1.18. The van der Waals surface area contributed by atoms with Crippen molar-refractivity contribution in [1.29, 1.82) is 0 Å². The van der Waals surface area contributed by atoms with Crippen molar-refractivity contribution in [1.82, 2.24) is 4.90 Å². The summed E-state index contributed by atoms with van der Waals surface area (Å²) in [5.41, 5.74) is 6.42. The Kier molecular flexibility index (Phi) is 4.01. The van der Waals surface area contributed by atoms with Gasteiger partial charge >= 0.3 is 0 Å². The lowest BCUT2D eigenvalue weighted by Crippen LogP contribution is -2.33. The summed E-state index contributed by atoms with van der Waals surface area (Å²) in [5.74, 6) is -0.112. The van der Waals surface area contributed by atoms with Gasteiger partial charge in [0.25, 0.3) is 5.91 Å². The van der Waals surface area contributed by atoms with E-state index < -0.39 is 9.84 Å². The lowest BCUT2D eigenvalue weighted by molar-refractivity contribution is 0.0768. The van der Waals surface area contributed by atoms with Gasteiger partial charge in [-0.2, -0.15) is 0 Å². The topological polar surface area (TPSA) is 80.5 Å². The van der Waals surface area contributed by atoms with Crippen LogP contribution in [0.3, 0.4) is 0 Å². The van der Waals surface area contributed by atoms with Crippen molar-refractivity contribution in [2.45, 2.75) is 6.42 Å². The maximum Gasteiger partial charge on any atom is 0.255 e. The van der Waals surface area contributed by atoms with E-state index in [1.807, 2.05) is 0 Å². The minimum Gasteiger partial charge on any atom is -0.399 e. The molecule has 1 fully saturated rings. The van der Waals surface area contributed by atoms with Crippen molar-refractivity contribution >= 4 is 33.0 Å². The molecule has 0 aromatic heterocycles. The quantitative estimate of drug-likeness (QED) is 0.790. The van der Waals surface area contributed by atoms with Gasteiger partial charge in [0.2, 0.25) is 0 Å². The van der Waals surface area contributed by atoms with Crippen LogP contribution in [0.4, 0.5) is 5.69 Å². The second-order valence-electron chi connectivity index (χ2n) is 4.54. The average Bonchev–Trinajstić information content (AvgIpc) is 2.49. The van der Waals surface area contributed by atoms with Gasteiger partial charge in [-0.25, -0.2) is 8.42 Å². The fraction of sp³-hybridized carbons (Fsp3) is 0.417. The number of nitrogens with zero attached hydrogens (tertiary/aromatic N) is 1. The Morgan fingerprint density at radius 1 is 1.26 bits per heavy atom. The number of rotatable bonds is 1. The van der Waals surface area contributed by atoms with Crippen LogP contribution in [0.25, 0.3) is 0 Å². The second kappa shape index (κ2) is 5.38. The number of hydrogen-bond acceptors (Lipinski definition) is 4. The number of amides is 1. The molecule has 2 N–H and O–H groups in total. The minimum absolute atomic E-state index is 0.00529. The van der Waals surface area contributed by atoms with E-state index in [1.54, 1.807) is 12.1 Å². The number of nitrogen functional groups attached to an aromatic ring is 1. The first-order valence-electron chi connectivity index (χ1n) is 5.94. The monoisotopic (exact) mass is 302 g/mol. The fourth-order valence-electron chi connectivity index (χ4n) is 2.02. The maximum absolute atomic E-state index is 12.3. The van der Waals surface area contributed by atoms with Crippen LogP contribution in [0.15, 0.2) is 18.2 Å². The Bertz CT molecular complexity index is 601. The molecule has 5 nitrogen and oxygen atoms in total. The van der Waals surface area contributed by atoms with E-state index in [0.717, 1.165) is 0 Å². The lowest BCUT2D eigenvalue weighted by atomic mass is 10.1. The number of anilines is 1. The van der Waals surface area contributed by atoms with Gasteiger partial charge in [-0.05, 0) is 24.6 Å². The molecule has 1 aliphatic heterocycles. The van der Waals surface area contributed by atoms with Crippen LogP contribution < -0.4 is 5.73 Å². The van der Waals surface area contributed by atoms with Gasteiger partial charge in [0.05, 0.1) is 22.1 Å². The van der Waals surface area contributed by atoms with Crippen LogP contribution in [0.2, 0.25) is 5.02 Å². The van der Waals surface area contributed by atoms with Gasteiger partial charge in [-0.1, -0.05) is 11.6 Å². The van der Waals surface area contributed by atoms with Crippen LogP contribution in [-0.4, -0.2) is 43.8 Å². The second-order valence-corrected chi connectivity index (χ2v) is 7.25. The number of carbonyl (C=O) groups is 1. The predicted molar refractivity (Wildman–Crippen MR) is 75.0 cm³/mol. The number of carbonyl (C=O) groups excluding carboxylic acids is 1. The van der Waals surface area contributed by atoms with Gasteiger partial charge in [-0.15, -0.1) is 0 Å². The summed E-state index contributed by atoms with van der Waals surface area (Å²) < 4.78 is 23.0. The summed E-state index contributed by atoms with van der Waals surface area (Å²) in [4.78, 5) is 13.8. The molecule has 1 aromatic carbocycles. The molecular formula is C12H15ClN2O3S. The zero-order chi connectivity index (χ0) is 14.0. The molecule has 0 saturated carbocycles.